The van der Waals surface area contributed by atoms with Crippen LogP contribution in [-0.4, -0.2) is 42.4 Å². The van der Waals surface area contributed by atoms with E-state index >= 15 is 0 Å². The van der Waals surface area contributed by atoms with Crippen molar-refractivity contribution < 1.29 is 14.3 Å². The van der Waals surface area contributed by atoms with Crippen LogP contribution in [0.4, 0.5) is 11.4 Å². The summed E-state index contributed by atoms with van der Waals surface area (Å²) in [6.45, 7) is 1.27. The molecule has 3 heterocycles. The van der Waals surface area contributed by atoms with E-state index < -0.39 is 0 Å². The van der Waals surface area contributed by atoms with Gasteiger partial charge in [-0.1, -0.05) is 29.8 Å². The van der Waals surface area contributed by atoms with Crippen LogP contribution < -0.4 is 15.0 Å². The number of anilines is 2. The summed E-state index contributed by atoms with van der Waals surface area (Å²) in [6.07, 6.45) is 8.13. The molecule has 0 bridgehead atoms. The Labute approximate surface area is 196 Å². The van der Waals surface area contributed by atoms with Crippen LogP contribution >= 0.6 is 11.6 Å². The zero-order valence-electron chi connectivity index (χ0n) is 17.9. The van der Waals surface area contributed by atoms with Crippen molar-refractivity contribution in [1.29, 1.82) is 0 Å². The number of nitrogens with zero attached hydrogens (tertiary/aromatic N) is 3. The lowest BCUT2D eigenvalue weighted by Crippen LogP contribution is -2.42. The van der Waals surface area contributed by atoms with Crippen LogP contribution in [0.1, 0.15) is 33.0 Å². The van der Waals surface area contributed by atoms with Crippen LogP contribution in [0.2, 0.25) is 5.02 Å². The lowest BCUT2D eigenvalue weighted by Gasteiger charge is -2.34. The summed E-state index contributed by atoms with van der Waals surface area (Å²) in [5, 5.41) is 4.40. The summed E-state index contributed by atoms with van der Waals surface area (Å²) >= 11 is 6.70. The van der Waals surface area contributed by atoms with Gasteiger partial charge in [-0.05, 0) is 46.9 Å². The molecule has 0 fully saturated rings. The number of fused-ring (bicyclic) bond motifs is 1. The molecule has 2 aliphatic heterocycles. The number of aromatic nitrogens is 2. The first-order chi connectivity index (χ1) is 16.1. The molecule has 166 valence electrons. The van der Waals surface area contributed by atoms with E-state index in [-0.39, 0.29) is 18.1 Å². The zero-order valence-corrected chi connectivity index (χ0v) is 18.7. The van der Waals surface area contributed by atoms with E-state index in [2.05, 4.69) is 32.3 Å². The fourth-order valence-corrected chi connectivity index (χ4v) is 5.44. The maximum Gasteiger partial charge on any atom is 0.338 e. The van der Waals surface area contributed by atoms with Gasteiger partial charge in [0, 0.05) is 23.3 Å². The van der Waals surface area contributed by atoms with E-state index in [1.165, 1.54) is 12.7 Å². The molecule has 0 saturated heterocycles. The first kappa shape index (κ1) is 20.1. The molecule has 0 spiro atoms. The molecule has 6 rings (SSSR count). The average molecular weight is 461 g/mol. The molecule has 1 aliphatic carbocycles. The van der Waals surface area contributed by atoms with Gasteiger partial charge in [-0.2, -0.15) is 0 Å². The Morgan fingerprint density at radius 3 is 2.97 bits per heavy atom. The Hall–Kier alpha value is -3.58. The van der Waals surface area contributed by atoms with Crippen molar-refractivity contribution in [1.82, 2.24) is 9.97 Å². The molecule has 3 aromatic rings. The summed E-state index contributed by atoms with van der Waals surface area (Å²) in [4.78, 5) is 22.9. The topological polar surface area (TPSA) is 76.6 Å². The van der Waals surface area contributed by atoms with Gasteiger partial charge in [0.1, 0.15) is 30.5 Å². The third-order valence-corrected chi connectivity index (χ3v) is 6.84. The van der Waals surface area contributed by atoms with E-state index in [0.29, 0.717) is 17.9 Å². The molecule has 33 heavy (non-hydrogen) atoms. The largest absolute Gasteiger partial charge is 0.489 e. The number of hydrogen-bond acceptors (Lipinski definition) is 7. The van der Waals surface area contributed by atoms with Crippen molar-refractivity contribution in [3.63, 3.8) is 0 Å². The van der Waals surface area contributed by atoms with E-state index in [9.17, 15) is 4.79 Å². The number of hydrogen-bond donors (Lipinski definition) is 1. The Bertz CT molecular complexity index is 1290. The summed E-state index contributed by atoms with van der Waals surface area (Å²) in [5.74, 6) is 0.371. The van der Waals surface area contributed by atoms with E-state index in [4.69, 9.17) is 21.1 Å². The standard InChI is InChI=1S/C25H21ClN4O3/c1-32-25(31)16-9-20-23-21(10-16)33-6-5-30(23)24(29-20)18-8-15-3-2-4-19(26)22(15)17(18)7-14-11-27-13-28-12-14/h2-4,8-13,17,24,29H,5-7H2,1H3. The van der Waals surface area contributed by atoms with Gasteiger partial charge in [0.25, 0.3) is 0 Å². The smallest absolute Gasteiger partial charge is 0.338 e. The number of carbonyl (C=O) groups is 1. The van der Waals surface area contributed by atoms with Crippen LogP contribution in [0.3, 0.4) is 0 Å². The van der Waals surface area contributed by atoms with Gasteiger partial charge in [-0.15, -0.1) is 0 Å². The predicted molar refractivity (Wildman–Crippen MR) is 126 cm³/mol. The van der Waals surface area contributed by atoms with Crippen molar-refractivity contribution in [2.24, 2.45) is 0 Å². The molecule has 1 aromatic heterocycles. The Balaban J connectivity index is 1.42. The molecular weight excluding hydrogens is 440 g/mol. The number of halogens is 1. The maximum absolute atomic E-state index is 12.2. The van der Waals surface area contributed by atoms with Crippen LogP contribution in [0.25, 0.3) is 6.08 Å². The third kappa shape index (κ3) is 3.23. The van der Waals surface area contributed by atoms with Gasteiger partial charge >= 0.3 is 5.97 Å². The van der Waals surface area contributed by atoms with Crippen molar-refractivity contribution in [3.8, 4) is 5.75 Å². The Morgan fingerprint density at radius 2 is 2.15 bits per heavy atom. The quantitative estimate of drug-likeness (QED) is 0.582. The number of ether oxygens (including phenoxy) is 2. The molecule has 0 radical (unpaired) electrons. The SMILES string of the molecule is COC(=O)c1cc2c3c(c1)OCCN3C(C1=Cc3cccc(Cl)c3C1Cc1cncnc1)N2. The number of carbonyl (C=O) groups excluding carboxylic acids is 1. The normalized spacial score (nSPS) is 19.8. The Kier molecular flexibility index (Phi) is 4.73. The van der Waals surface area contributed by atoms with Crippen molar-refractivity contribution in [3.05, 3.63) is 81.9 Å². The number of benzene rings is 2. The molecule has 3 aliphatic rings. The summed E-state index contributed by atoms with van der Waals surface area (Å²) in [6, 6.07) is 9.62. The molecular formula is C25H21ClN4O3. The minimum absolute atomic E-state index is 0.0675. The molecule has 2 atom stereocenters. The van der Waals surface area contributed by atoms with Crippen LogP contribution in [0.5, 0.6) is 5.75 Å². The minimum atomic E-state index is -0.388. The highest BCUT2D eigenvalue weighted by Gasteiger charge is 2.41. The highest BCUT2D eigenvalue weighted by molar-refractivity contribution is 6.31. The van der Waals surface area contributed by atoms with Crippen LogP contribution in [0, 0.1) is 0 Å². The zero-order chi connectivity index (χ0) is 22.5. The molecule has 1 N–H and O–H groups in total. The fraction of sp³-hybridized carbons (Fsp3) is 0.240. The average Bonchev–Trinajstić information content (AvgIpc) is 3.39. The summed E-state index contributed by atoms with van der Waals surface area (Å²) in [7, 11) is 1.38. The van der Waals surface area contributed by atoms with Gasteiger partial charge in [0.15, 0.2) is 0 Å². The van der Waals surface area contributed by atoms with E-state index in [0.717, 1.165) is 46.1 Å². The minimum Gasteiger partial charge on any atom is -0.489 e. The van der Waals surface area contributed by atoms with E-state index in [1.807, 2.05) is 30.6 Å². The fourth-order valence-electron chi connectivity index (χ4n) is 5.13. The summed E-state index contributed by atoms with van der Waals surface area (Å²) in [5.41, 5.74) is 6.82. The van der Waals surface area contributed by atoms with Crippen LogP contribution in [0.15, 0.2) is 54.6 Å². The number of methoxy groups -OCH3 is 1. The molecule has 0 amide bonds. The lowest BCUT2D eigenvalue weighted by atomic mass is 9.88. The lowest BCUT2D eigenvalue weighted by molar-refractivity contribution is 0.0600. The Morgan fingerprint density at radius 1 is 1.30 bits per heavy atom. The number of esters is 1. The monoisotopic (exact) mass is 460 g/mol. The predicted octanol–water partition coefficient (Wildman–Crippen LogP) is 4.29. The highest BCUT2D eigenvalue weighted by Crippen LogP contribution is 2.51. The van der Waals surface area contributed by atoms with Gasteiger partial charge in [0.05, 0.1) is 24.9 Å². The first-order valence-corrected chi connectivity index (χ1v) is 11.2. The molecule has 7 nitrogen and oxygen atoms in total. The van der Waals surface area contributed by atoms with Gasteiger partial charge < -0.3 is 19.7 Å². The second-order valence-electron chi connectivity index (χ2n) is 8.34. The van der Waals surface area contributed by atoms with Crippen molar-refractivity contribution in [2.75, 3.05) is 30.5 Å². The van der Waals surface area contributed by atoms with Gasteiger partial charge in [-0.25, -0.2) is 14.8 Å². The first-order valence-electron chi connectivity index (χ1n) is 10.8. The maximum atomic E-state index is 12.2. The highest BCUT2D eigenvalue weighted by atomic mass is 35.5. The molecule has 2 unspecified atom stereocenters. The van der Waals surface area contributed by atoms with Crippen LogP contribution in [-0.2, 0) is 11.2 Å². The van der Waals surface area contributed by atoms with Gasteiger partial charge in [0.2, 0.25) is 0 Å². The van der Waals surface area contributed by atoms with Crippen molar-refractivity contribution >= 4 is 35.0 Å². The number of nitrogens with one attached hydrogen (secondary N) is 1. The third-order valence-electron chi connectivity index (χ3n) is 6.51. The van der Waals surface area contributed by atoms with Gasteiger partial charge in [-0.3, -0.25) is 0 Å². The molecule has 2 aromatic carbocycles. The van der Waals surface area contributed by atoms with Crippen molar-refractivity contribution in [2.45, 2.75) is 18.5 Å². The summed E-state index contributed by atoms with van der Waals surface area (Å²) < 4.78 is 10.9. The molecule has 0 saturated carbocycles. The second-order valence-corrected chi connectivity index (χ2v) is 8.75. The number of rotatable bonds is 4. The van der Waals surface area contributed by atoms with E-state index in [1.54, 1.807) is 12.4 Å². The molecule has 8 heteroatoms. The second kappa shape index (κ2) is 7.78.